The molecule has 1 aliphatic rings. The summed E-state index contributed by atoms with van der Waals surface area (Å²) in [5.41, 5.74) is 5.17. The molecule has 1 saturated carbocycles. The van der Waals surface area contributed by atoms with E-state index in [9.17, 15) is 18.5 Å². The van der Waals surface area contributed by atoms with Crippen LogP contribution in [0, 0.1) is 10.1 Å². The van der Waals surface area contributed by atoms with E-state index >= 15 is 0 Å². The Kier molecular flexibility index (Phi) is 3.46. The Bertz CT molecular complexity index is 610. The van der Waals surface area contributed by atoms with Gasteiger partial charge >= 0.3 is 0 Å². The van der Waals surface area contributed by atoms with Gasteiger partial charge in [-0.3, -0.25) is 10.1 Å². The monoisotopic (exact) mass is 285 g/mol. The average Bonchev–Trinajstić information content (AvgIpc) is 3.13. The van der Waals surface area contributed by atoms with Crippen molar-refractivity contribution in [2.75, 3.05) is 12.3 Å². The highest BCUT2D eigenvalue weighted by Gasteiger charge is 2.39. The van der Waals surface area contributed by atoms with Gasteiger partial charge < -0.3 is 5.73 Å². The van der Waals surface area contributed by atoms with Crippen molar-refractivity contribution in [2.24, 2.45) is 0 Å². The molecule has 0 saturated heterocycles. The van der Waals surface area contributed by atoms with Crippen LogP contribution in [0.4, 0.5) is 11.4 Å². The zero-order chi connectivity index (χ0) is 14.2. The van der Waals surface area contributed by atoms with Gasteiger partial charge in [-0.15, -0.1) is 0 Å². The molecule has 0 unspecified atom stereocenters. The molecule has 1 aliphatic carbocycles. The molecule has 1 aromatic carbocycles. The lowest BCUT2D eigenvalue weighted by molar-refractivity contribution is -0.387. The first-order valence-corrected chi connectivity index (χ1v) is 7.37. The number of anilines is 1. The lowest BCUT2D eigenvalue weighted by Crippen LogP contribution is -2.33. The van der Waals surface area contributed by atoms with Gasteiger partial charge in [0.25, 0.3) is 5.69 Å². The first kappa shape index (κ1) is 13.8. The van der Waals surface area contributed by atoms with E-state index < -0.39 is 20.6 Å². The molecule has 0 amide bonds. The molecule has 0 atom stereocenters. The van der Waals surface area contributed by atoms with Gasteiger partial charge in [0, 0.05) is 24.3 Å². The lowest BCUT2D eigenvalue weighted by atomic mass is 10.3. The SMILES string of the molecule is CCN(C1CC1)S(=O)(=O)c1ccc(N)cc1[N+](=O)[O-]. The highest BCUT2D eigenvalue weighted by atomic mass is 32.2. The molecule has 2 rings (SSSR count). The van der Waals surface area contributed by atoms with Crippen LogP contribution < -0.4 is 5.73 Å². The standard InChI is InChI=1S/C11H15N3O4S/c1-2-13(9-4-5-9)19(17,18)11-6-3-8(12)7-10(11)14(15)16/h3,6-7,9H,2,4-5,12H2,1H3. The molecule has 8 heteroatoms. The number of nitrogens with two attached hydrogens (primary N) is 1. The van der Waals surface area contributed by atoms with E-state index in [2.05, 4.69) is 0 Å². The average molecular weight is 285 g/mol. The lowest BCUT2D eigenvalue weighted by Gasteiger charge is -2.19. The van der Waals surface area contributed by atoms with Crippen molar-refractivity contribution < 1.29 is 13.3 Å². The van der Waals surface area contributed by atoms with E-state index in [0.29, 0.717) is 6.54 Å². The number of benzene rings is 1. The van der Waals surface area contributed by atoms with Crippen molar-refractivity contribution in [3.63, 3.8) is 0 Å². The summed E-state index contributed by atoms with van der Waals surface area (Å²) in [6.07, 6.45) is 1.60. The van der Waals surface area contributed by atoms with Crippen LogP contribution in [0.3, 0.4) is 0 Å². The third kappa shape index (κ3) is 2.54. The zero-order valence-corrected chi connectivity index (χ0v) is 11.3. The fourth-order valence-electron chi connectivity index (χ4n) is 2.01. The van der Waals surface area contributed by atoms with Crippen molar-refractivity contribution in [3.05, 3.63) is 28.3 Å². The maximum Gasteiger partial charge on any atom is 0.291 e. The molecule has 0 radical (unpaired) electrons. The van der Waals surface area contributed by atoms with Gasteiger partial charge in [-0.25, -0.2) is 8.42 Å². The van der Waals surface area contributed by atoms with Crippen LogP contribution in [-0.4, -0.2) is 30.2 Å². The smallest absolute Gasteiger partial charge is 0.291 e. The topological polar surface area (TPSA) is 107 Å². The second-order valence-electron chi connectivity index (χ2n) is 4.42. The molecule has 0 heterocycles. The van der Waals surface area contributed by atoms with Gasteiger partial charge in [0.05, 0.1) is 4.92 Å². The highest BCUT2D eigenvalue weighted by molar-refractivity contribution is 7.89. The van der Waals surface area contributed by atoms with Gasteiger partial charge in [0.1, 0.15) is 0 Å². The van der Waals surface area contributed by atoms with Crippen LogP contribution in [0.2, 0.25) is 0 Å². The van der Waals surface area contributed by atoms with Gasteiger partial charge in [-0.2, -0.15) is 4.31 Å². The van der Waals surface area contributed by atoms with Crippen molar-refractivity contribution in [1.82, 2.24) is 4.31 Å². The quantitative estimate of drug-likeness (QED) is 0.499. The Morgan fingerprint density at radius 3 is 2.58 bits per heavy atom. The summed E-state index contributed by atoms with van der Waals surface area (Å²) in [6.45, 7) is 2.02. The van der Waals surface area contributed by atoms with Crippen LogP contribution in [0.5, 0.6) is 0 Å². The Morgan fingerprint density at radius 1 is 1.47 bits per heavy atom. The minimum atomic E-state index is -3.84. The summed E-state index contributed by atoms with van der Waals surface area (Å²) in [6, 6.07) is 3.61. The maximum absolute atomic E-state index is 12.5. The molecule has 19 heavy (non-hydrogen) atoms. The molecule has 104 valence electrons. The molecule has 0 aliphatic heterocycles. The molecule has 1 fully saturated rings. The number of nitrogen functional groups attached to an aromatic ring is 1. The summed E-state index contributed by atoms with van der Waals surface area (Å²) >= 11 is 0. The van der Waals surface area contributed by atoms with Crippen LogP contribution in [0.1, 0.15) is 19.8 Å². The largest absolute Gasteiger partial charge is 0.399 e. The van der Waals surface area contributed by atoms with Gasteiger partial charge in [-0.1, -0.05) is 6.92 Å². The Hall–Kier alpha value is -1.67. The summed E-state index contributed by atoms with van der Waals surface area (Å²) < 4.78 is 26.2. The molecular formula is C11H15N3O4S. The minimum absolute atomic E-state index is 0.0350. The molecule has 0 aromatic heterocycles. The van der Waals surface area contributed by atoms with Crippen LogP contribution in [-0.2, 0) is 10.0 Å². The van der Waals surface area contributed by atoms with E-state index in [-0.39, 0.29) is 16.6 Å². The van der Waals surface area contributed by atoms with Crippen molar-refractivity contribution in [2.45, 2.75) is 30.7 Å². The van der Waals surface area contributed by atoms with Crippen LogP contribution >= 0.6 is 0 Å². The van der Waals surface area contributed by atoms with E-state index in [1.54, 1.807) is 6.92 Å². The number of rotatable bonds is 5. The summed E-state index contributed by atoms with van der Waals surface area (Å²) in [5.74, 6) is 0. The Morgan fingerprint density at radius 2 is 2.11 bits per heavy atom. The number of hydrogen-bond donors (Lipinski definition) is 1. The Labute approximate surface area is 111 Å². The third-order valence-electron chi connectivity index (χ3n) is 3.03. The normalized spacial score (nSPS) is 15.7. The number of nitrogens with zero attached hydrogens (tertiary/aromatic N) is 2. The van der Waals surface area contributed by atoms with Crippen molar-refractivity contribution in [1.29, 1.82) is 0 Å². The molecular weight excluding hydrogens is 270 g/mol. The van der Waals surface area contributed by atoms with Crippen LogP contribution in [0.15, 0.2) is 23.1 Å². The zero-order valence-electron chi connectivity index (χ0n) is 10.4. The molecule has 0 spiro atoms. The number of hydrogen-bond acceptors (Lipinski definition) is 5. The van der Waals surface area contributed by atoms with Gasteiger partial charge in [0.2, 0.25) is 10.0 Å². The van der Waals surface area contributed by atoms with Crippen molar-refractivity contribution >= 4 is 21.4 Å². The highest BCUT2D eigenvalue weighted by Crippen LogP contribution is 2.35. The maximum atomic E-state index is 12.5. The number of nitro benzene ring substituents is 1. The molecule has 2 N–H and O–H groups in total. The second-order valence-corrected chi connectivity index (χ2v) is 6.28. The van der Waals surface area contributed by atoms with E-state index in [1.165, 1.54) is 16.4 Å². The second kappa shape index (κ2) is 4.78. The van der Waals surface area contributed by atoms with Gasteiger partial charge in [0.15, 0.2) is 4.90 Å². The molecule has 0 bridgehead atoms. The summed E-state index contributed by atoms with van der Waals surface area (Å²) in [4.78, 5) is 9.97. The Balaban J connectivity index is 2.53. The van der Waals surface area contributed by atoms with E-state index in [0.717, 1.165) is 18.9 Å². The van der Waals surface area contributed by atoms with Crippen molar-refractivity contribution in [3.8, 4) is 0 Å². The molecule has 7 nitrogen and oxygen atoms in total. The first-order chi connectivity index (χ1) is 8.87. The summed E-state index contributed by atoms with van der Waals surface area (Å²) in [5, 5.41) is 11.0. The number of nitro groups is 1. The van der Waals surface area contributed by atoms with Gasteiger partial charge in [-0.05, 0) is 25.0 Å². The summed E-state index contributed by atoms with van der Waals surface area (Å²) in [7, 11) is -3.84. The number of sulfonamides is 1. The van der Waals surface area contributed by atoms with E-state index in [1.807, 2.05) is 0 Å². The van der Waals surface area contributed by atoms with Crippen LogP contribution in [0.25, 0.3) is 0 Å². The fraction of sp³-hybridized carbons (Fsp3) is 0.455. The third-order valence-corrected chi connectivity index (χ3v) is 5.11. The first-order valence-electron chi connectivity index (χ1n) is 5.93. The predicted molar refractivity (Wildman–Crippen MR) is 70.1 cm³/mol. The van der Waals surface area contributed by atoms with E-state index in [4.69, 9.17) is 5.73 Å². The fourth-order valence-corrected chi connectivity index (χ4v) is 3.84. The molecule has 1 aromatic rings. The minimum Gasteiger partial charge on any atom is -0.399 e. The predicted octanol–water partition coefficient (Wildman–Crippen LogP) is 1.35.